The molecule has 0 N–H and O–H groups in total. The van der Waals surface area contributed by atoms with Crippen molar-refractivity contribution in [2.75, 3.05) is 0 Å². The number of rotatable bonds is 1. The first-order chi connectivity index (χ1) is 7.48. The van der Waals surface area contributed by atoms with Crippen LogP contribution in [-0.4, -0.2) is 9.78 Å². The van der Waals surface area contributed by atoms with E-state index in [1.54, 1.807) is 24.3 Å². The summed E-state index contributed by atoms with van der Waals surface area (Å²) in [6.45, 7) is 0. The fourth-order valence-electron chi connectivity index (χ4n) is 1.48. The molecule has 0 fully saturated rings. The van der Waals surface area contributed by atoms with Crippen LogP contribution in [0.2, 0.25) is 0 Å². The minimum Gasteiger partial charge on any atom is -0.267 e. The molecule has 2 nitrogen and oxygen atoms in total. The van der Waals surface area contributed by atoms with Gasteiger partial charge in [-0.3, -0.25) is 4.68 Å². The number of benzene rings is 1. The Bertz CT molecular complexity index is 486. The third-order valence-corrected chi connectivity index (χ3v) is 2.24. The van der Waals surface area contributed by atoms with Gasteiger partial charge in [0.1, 0.15) is 0 Å². The molecule has 0 aliphatic rings. The third kappa shape index (κ3) is 1.93. The second-order valence-corrected chi connectivity index (χ2v) is 3.40. The molecule has 16 heavy (non-hydrogen) atoms. The van der Waals surface area contributed by atoms with Gasteiger partial charge >= 0.3 is 6.18 Å². The smallest absolute Gasteiger partial charge is 0.267 e. The van der Waals surface area contributed by atoms with Gasteiger partial charge < -0.3 is 0 Å². The second-order valence-electron chi connectivity index (χ2n) is 3.40. The maximum absolute atomic E-state index is 12.4. The zero-order chi connectivity index (χ0) is 11.8. The maximum atomic E-state index is 12.4. The van der Waals surface area contributed by atoms with Crippen LogP contribution in [0.5, 0.6) is 0 Å². The Kier molecular flexibility index (Phi) is 2.46. The quantitative estimate of drug-likeness (QED) is 0.730. The average Bonchev–Trinajstić information content (AvgIpc) is 2.61. The van der Waals surface area contributed by atoms with E-state index in [4.69, 9.17) is 0 Å². The van der Waals surface area contributed by atoms with Crippen molar-refractivity contribution in [3.05, 3.63) is 42.1 Å². The van der Waals surface area contributed by atoms with E-state index in [1.165, 1.54) is 11.7 Å². The van der Waals surface area contributed by atoms with E-state index in [0.717, 1.165) is 6.07 Å². The van der Waals surface area contributed by atoms with Gasteiger partial charge in [-0.25, -0.2) is 0 Å². The van der Waals surface area contributed by atoms with Gasteiger partial charge in [-0.15, -0.1) is 0 Å². The molecule has 0 saturated heterocycles. The lowest BCUT2D eigenvalue weighted by Crippen LogP contribution is -2.06. The number of aryl methyl sites for hydroxylation is 1. The molecule has 0 atom stereocenters. The van der Waals surface area contributed by atoms with Crippen molar-refractivity contribution in [3.8, 4) is 11.3 Å². The Hall–Kier alpha value is -1.78. The molecular weight excluding hydrogens is 217 g/mol. The highest BCUT2D eigenvalue weighted by atomic mass is 19.4. The van der Waals surface area contributed by atoms with E-state index in [1.807, 2.05) is 6.07 Å². The molecule has 2 aromatic rings. The minimum absolute atomic E-state index is 0.452. The highest BCUT2D eigenvalue weighted by Crippen LogP contribution is 2.31. The summed E-state index contributed by atoms with van der Waals surface area (Å²) in [5.41, 5.74) is 0.301. The van der Waals surface area contributed by atoms with Crippen LogP contribution in [0.15, 0.2) is 36.4 Å². The summed E-state index contributed by atoms with van der Waals surface area (Å²) in [6.07, 6.45) is -4.40. The van der Waals surface area contributed by atoms with Gasteiger partial charge in [0.15, 0.2) is 5.69 Å². The average molecular weight is 226 g/mol. The molecule has 1 aromatic carbocycles. The zero-order valence-electron chi connectivity index (χ0n) is 8.49. The Morgan fingerprint density at radius 1 is 1.12 bits per heavy atom. The summed E-state index contributed by atoms with van der Waals surface area (Å²) in [4.78, 5) is 0. The largest absolute Gasteiger partial charge is 0.435 e. The van der Waals surface area contributed by atoms with E-state index < -0.39 is 11.9 Å². The lowest BCUT2D eigenvalue weighted by atomic mass is 10.1. The summed E-state index contributed by atoms with van der Waals surface area (Å²) in [6, 6.07) is 9.90. The van der Waals surface area contributed by atoms with Gasteiger partial charge in [-0.2, -0.15) is 18.3 Å². The van der Waals surface area contributed by atoms with Crippen LogP contribution in [0.4, 0.5) is 13.2 Å². The highest BCUT2D eigenvalue weighted by Gasteiger charge is 2.34. The van der Waals surface area contributed by atoms with Crippen LogP contribution >= 0.6 is 0 Å². The molecule has 0 aliphatic heterocycles. The van der Waals surface area contributed by atoms with E-state index in [9.17, 15) is 13.2 Å². The molecular formula is C11H9F3N2. The Morgan fingerprint density at radius 3 is 2.25 bits per heavy atom. The fourth-order valence-corrected chi connectivity index (χ4v) is 1.48. The van der Waals surface area contributed by atoms with Crippen molar-refractivity contribution in [1.29, 1.82) is 0 Å². The van der Waals surface area contributed by atoms with Crippen molar-refractivity contribution in [1.82, 2.24) is 9.78 Å². The molecule has 5 heteroatoms. The molecule has 0 saturated carbocycles. The topological polar surface area (TPSA) is 17.8 Å². The van der Waals surface area contributed by atoms with Gasteiger partial charge in [0, 0.05) is 7.05 Å². The predicted molar refractivity (Wildman–Crippen MR) is 53.6 cm³/mol. The number of nitrogens with zero attached hydrogens (tertiary/aromatic N) is 2. The first-order valence-corrected chi connectivity index (χ1v) is 4.65. The normalized spacial score (nSPS) is 11.8. The van der Waals surface area contributed by atoms with E-state index in [-0.39, 0.29) is 0 Å². The number of alkyl halides is 3. The summed E-state index contributed by atoms with van der Waals surface area (Å²) in [5.74, 6) is 0. The molecule has 84 valence electrons. The first-order valence-electron chi connectivity index (χ1n) is 4.65. The molecule has 0 bridgehead atoms. The Morgan fingerprint density at radius 2 is 1.75 bits per heavy atom. The molecule has 1 heterocycles. The SMILES string of the molecule is Cn1nc(C(F)(F)F)cc1-c1ccccc1. The van der Waals surface area contributed by atoms with E-state index >= 15 is 0 Å². The fraction of sp³-hybridized carbons (Fsp3) is 0.182. The van der Waals surface area contributed by atoms with Gasteiger partial charge in [0.25, 0.3) is 0 Å². The van der Waals surface area contributed by atoms with Gasteiger partial charge in [0.2, 0.25) is 0 Å². The van der Waals surface area contributed by atoms with Crippen LogP contribution in [-0.2, 0) is 13.2 Å². The van der Waals surface area contributed by atoms with Gasteiger partial charge in [0.05, 0.1) is 5.69 Å². The molecule has 0 unspecified atom stereocenters. The standard InChI is InChI=1S/C11H9F3N2/c1-16-9(8-5-3-2-4-6-8)7-10(15-16)11(12,13)14/h2-7H,1H3. The van der Waals surface area contributed by atoms with E-state index in [0.29, 0.717) is 11.3 Å². The second kappa shape index (κ2) is 3.66. The maximum Gasteiger partial charge on any atom is 0.435 e. The lowest BCUT2D eigenvalue weighted by molar-refractivity contribution is -0.141. The van der Waals surface area contributed by atoms with Crippen molar-refractivity contribution in [3.63, 3.8) is 0 Å². The van der Waals surface area contributed by atoms with Gasteiger partial charge in [-0.05, 0) is 11.6 Å². The van der Waals surface area contributed by atoms with Crippen LogP contribution in [0, 0.1) is 0 Å². The first kappa shape index (κ1) is 10.7. The monoisotopic (exact) mass is 226 g/mol. The molecule has 0 amide bonds. The van der Waals surface area contributed by atoms with Crippen LogP contribution in [0.25, 0.3) is 11.3 Å². The summed E-state index contributed by atoms with van der Waals surface area (Å²) < 4.78 is 38.5. The van der Waals surface area contributed by atoms with Crippen LogP contribution in [0.1, 0.15) is 5.69 Å². The summed E-state index contributed by atoms with van der Waals surface area (Å²) >= 11 is 0. The van der Waals surface area contributed by atoms with Crippen molar-refractivity contribution in [2.45, 2.75) is 6.18 Å². The number of hydrogen-bond donors (Lipinski definition) is 0. The Balaban J connectivity index is 2.48. The number of halogens is 3. The lowest BCUT2D eigenvalue weighted by Gasteiger charge is -1.99. The highest BCUT2D eigenvalue weighted by molar-refractivity contribution is 5.59. The predicted octanol–water partition coefficient (Wildman–Crippen LogP) is 3.11. The third-order valence-electron chi connectivity index (χ3n) is 2.24. The van der Waals surface area contributed by atoms with Gasteiger partial charge in [-0.1, -0.05) is 30.3 Å². The van der Waals surface area contributed by atoms with Crippen molar-refractivity contribution < 1.29 is 13.2 Å². The zero-order valence-corrected chi connectivity index (χ0v) is 8.49. The number of hydrogen-bond acceptors (Lipinski definition) is 1. The molecule has 2 rings (SSSR count). The van der Waals surface area contributed by atoms with E-state index in [2.05, 4.69) is 5.10 Å². The molecule has 0 spiro atoms. The number of aromatic nitrogens is 2. The van der Waals surface area contributed by atoms with Crippen LogP contribution < -0.4 is 0 Å². The molecule has 0 aliphatic carbocycles. The Labute approximate surface area is 90.3 Å². The molecule has 1 aromatic heterocycles. The minimum atomic E-state index is -4.40. The van der Waals surface area contributed by atoms with Crippen molar-refractivity contribution in [2.24, 2.45) is 7.05 Å². The van der Waals surface area contributed by atoms with Crippen LogP contribution in [0.3, 0.4) is 0 Å². The molecule has 0 radical (unpaired) electrons. The van der Waals surface area contributed by atoms with Crippen molar-refractivity contribution >= 4 is 0 Å². The summed E-state index contributed by atoms with van der Waals surface area (Å²) in [5, 5.41) is 3.45. The summed E-state index contributed by atoms with van der Waals surface area (Å²) in [7, 11) is 1.50.